The van der Waals surface area contributed by atoms with Gasteiger partial charge in [-0.1, -0.05) is 24.3 Å². The number of ether oxygens (including phenoxy) is 2. The Balaban J connectivity index is 1.49. The number of para-hydroxylation sites is 1. The molecule has 0 bridgehead atoms. The topological polar surface area (TPSA) is 51.7 Å². The maximum absolute atomic E-state index is 13.1. The molecule has 1 aromatic carbocycles. The molecule has 25 heavy (non-hydrogen) atoms. The van der Waals surface area contributed by atoms with Gasteiger partial charge in [0, 0.05) is 38.5 Å². The van der Waals surface area contributed by atoms with Gasteiger partial charge < -0.3 is 14.4 Å². The molecule has 1 fully saturated rings. The minimum absolute atomic E-state index is 0.0237. The largest absolute Gasteiger partial charge is 0.480 e. The predicted molar refractivity (Wildman–Crippen MR) is 93.2 cm³/mol. The molecule has 2 aliphatic heterocycles. The Morgan fingerprint density at radius 2 is 2.16 bits per heavy atom. The van der Waals surface area contributed by atoms with E-state index in [1.165, 1.54) is 0 Å². The number of hydrogen-bond acceptors (Lipinski definition) is 4. The Morgan fingerprint density at radius 1 is 1.24 bits per heavy atom. The molecule has 0 aliphatic carbocycles. The van der Waals surface area contributed by atoms with E-state index in [1.54, 1.807) is 12.4 Å². The highest BCUT2D eigenvalue weighted by atomic mass is 16.5. The third-order valence-electron chi connectivity index (χ3n) is 4.78. The number of pyridine rings is 1. The third-order valence-corrected chi connectivity index (χ3v) is 4.78. The number of hydrogen-bond donors (Lipinski definition) is 0. The lowest BCUT2D eigenvalue weighted by Crippen LogP contribution is -2.44. The van der Waals surface area contributed by atoms with Crippen molar-refractivity contribution < 1.29 is 14.3 Å². The molecule has 1 amide bonds. The monoisotopic (exact) mass is 338 g/mol. The van der Waals surface area contributed by atoms with E-state index in [-0.39, 0.29) is 12.0 Å². The first kappa shape index (κ1) is 16.1. The van der Waals surface area contributed by atoms with Crippen LogP contribution in [0.3, 0.4) is 0 Å². The summed E-state index contributed by atoms with van der Waals surface area (Å²) in [4.78, 5) is 19.2. The summed E-state index contributed by atoms with van der Waals surface area (Å²) >= 11 is 0. The fourth-order valence-electron chi connectivity index (χ4n) is 3.50. The highest BCUT2D eigenvalue weighted by Gasteiger charge is 2.33. The molecule has 0 spiro atoms. The van der Waals surface area contributed by atoms with E-state index in [4.69, 9.17) is 9.47 Å². The zero-order valence-electron chi connectivity index (χ0n) is 14.1. The quantitative estimate of drug-likeness (QED) is 0.841. The van der Waals surface area contributed by atoms with Crippen LogP contribution in [0.1, 0.15) is 24.0 Å². The fraction of sp³-hybridized carbons (Fsp3) is 0.400. The van der Waals surface area contributed by atoms with Gasteiger partial charge in [-0.25, -0.2) is 0 Å². The molecule has 3 heterocycles. The molecule has 0 N–H and O–H groups in total. The molecule has 2 aliphatic rings. The molecule has 4 rings (SSSR count). The van der Waals surface area contributed by atoms with Crippen molar-refractivity contribution in [3.8, 4) is 5.75 Å². The SMILES string of the molecule is O=C([C@@H]1Cc2ccccc2O1)N(Cc1cccnc1)C[C@H]1CCCO1. The van der Waals surface area contributed by atoms with E-state index in [0.717, 1.165) is 36.3 Å². The molecule has 2 aromatic rings. The van der Waals surface area contributed by atoms with E-state index < -0.39 is 6.10 Å². The van der Waals surface area contributed by atoms with Crippen molar-refractivity contribution in [1.29, 1.82) is 0 Å². The van der Waals surface area contributed by atoms with Gasteiger partial charge in [0.1, 0.15) is 5.75 Å². The van der Waals surface area contributed by atoms with E-state index in [1.807, 2.05) is 41.3 Å². The maximum atomic E-state index is 13.1. The lowest BCUT2D eigenvalue weighted by molar-refractivity contribution is -0.140. The standard InChI is InChI=1S/C20H22N2O3/c23-20(19-11-16-6-1-2-8-18(16)25-19)22(14-17-7-4-10-24-17)13-15-5-3-9-21-12-15/h1-3,5-6,8-9,12,17,19H,4,7,10-11,13-14H2/t17-,19+/m1/s1. The van der Waals surface area contributed by atoms with Gasteiger partial charge in [-0.05, 0) is 36.1 Å². The first-order chi connectivity index (χ1) is 12.3. The number of aromatic nitrogens is 1. The molecule has 2 atom stereocenters. The molecule has 5 heteroatoms. The zero-order valence-corrected chi connectivity index (χ0v) is 14.1. The second-order valence-electron chi connectivity index (χ2n) is 6.63. The molecular weight excluding hydrogens is 316 g/mol. The van der Waals surface area contributed by atoms with Gasteiger partial charge in [0.2, 0.25) is 0 Å². The van der Waals surface area contributed by atoms with Gasteiger partial charge in [-0.15, -0.1) is 0 Å². The second-order valence-corrected chi connectivity index (χ2v) is 6.63. The average Bonchev–Trinajstić information content (AvgIpc) is 3.30. The second kappa shape index (κ2) is 7.23. The Morgan fingerprint density at radius 3 is 2.92 bits per heavy atom. The summed E-state index contributed by atoms with van der Waals surface area (Å²) in [5.74, 6) is 0.842. The summed E-state index contributed by atoms with van der Waals surface area (Å²) in [6.07, 6.45) is 5.91. The number of carbonyl (C=O) groups is 1. The van der Waals surface area contributed by atoms with Crippen molar-refractivity contribution in [2.45, 2.75) is 38.0 Å². The third kappa shape index (κ3) is 3.66. The molecule has 5 nitrogen and oxygen atoms in total. The van der Waals surface area contributed by atoms with Crippen LogP contribution in [0.5, 0.6) is 5.75 Å². The van der Waals surface area contributed by atoms with Gasteiger partial charge in [-0.2, -0.15) is 0 Å². The van der Waals surface area contributed by atoms with E-state index >= 15 is 0 Å². The zero-order chi connectivity index (χ0) is 17.1. The Hall–Kier alpha value is -2.40. The number of rotatable bonds is 5. The molecular formula is C20H22N2O3. The minimum Gasteiger partial charge on any atom is -0.480 e. The van der Waals surface area contributed by atoms with Crippen molar-refractivity contribution in [2.75, 3.05) is 13.2 Å². The van der Waals surface area contributed by atoms with Gasteiger partial charge in [0.15, 0.2) is 6.10 Å². The van der Waals surface area contributed by atoms with E-state index in [9.17, 15) is 4.79 Å². The van der Waals surface area contributed by atoms with Crippen LogP contribution in [-0.2, 0) is 22.5 Å². The first-order valence-corrected chi connectivity index (χ1v) is 8.83. The number of carbonyl (C=O) groups excluding carboxylic acids is 1. The van der Waals surface area contributed by atoms with Crippen LogP contribution in [0.2, 0.25) is 0 Å². The van der Waals surface area contributed by atoms with Crippen molar-refractivity contribution in [3.63, 3.8) is 0 Å². The molecule has 130 valence electrons. The highest BCUT2D eigenvalue weighted by Crippen LogP contribution is 2.29. The normalized spacial score (nSPS) is 21.6. The van der Waals surface area contributed by atoms with Crippen LogP contribution >= 0.6 is 0 Å². The van der Waals surface area contributed by atoms with Crippen LogP contribution in [0.25, 0.3) is 0 Å². The number of fused-ring (bicyclic) bond motifs is 1. The molecule has 1 aromatic heterocycles. The summed E-state index contributed by atoms with van der Waals surface area (Å²) < 4.78 is 11.6. The van der Waals surface area contributed by atoms with Gasteiger partial charge >= 0.3 is 0 Å². The van der Waals surface area contributed by atoms with Crippen LogP contribution in [0, 0.1) is 0 Å². The molecule has 0 saturated carbocycles. The van der Waals surface area contributed by atoms with Gasteiger partial charge in [-0.3, -0.25) is 9.78 Å². The minimum atomic E-state index is -0.449. The maximum Gasteiger partial charge on any atom is 0.264 e. The summed E-state index contributed by atoms with van der Waals surface area (Å²) in [7, 11) is 0. The van der Waals surface area contributed by atoms with Crippen molar-refractivity contribution >= 4 is 5.91 Å². The van der Waals surface area contributed by atoms with Crippen LogP contribution in [-0.4, -0.2) is 41.2 Å². The smallest absolute Gasteiger partial charge is 0.264 e. The van der Waals surface area contributed by atoms with Crippen LogP contribution < -0.4 is 4.74 Å². The van der Waals surface area contributed by atoms with E-state index in [0.29, 0.717) is 19.5 Å². The fourth-order valence-corrected chi connectivity index (χ4v) is 3.50. The molecule has 0 radical (unpaired) electrons. The number of amides is 1. The van der Waals surface area contributed by atoms with Crippen molar-refractivity contribution in [2.24, 2.45) is 0 Å². The summed E-state index contributed by atoms with van der Waals surface area (Å²) in [5.41, 5.74) is 2.11. The number of nitrogens with zero attached hydrogens (tertiary/aromatic N) is 2. The summed E-state index contributed by atoms with van der Waals surface area (Å²) in [6, 6.07) is 11.8. The van der Waals surface area contributed by atoms with Gasteiger partial charge in [0.25, 0.3) is 5.91 Å². The Kier molecular flexibility index (Phi) is 4.65. The van der Waals surface area contributed by atoms with Gasteiger partial charge in [0.05, 0.1) is 6.10 Å². The average molecular weight is 338 g/mol. The first-order valence-electron chi connectivity index (χ1n) is 8.83. The molecule has 1 saturated heterocycles. The van der Waals surface area contributed by atoms with Crippen molar-refractivity contribution in [3.05, 3.63) is 59.9 Å². The lowest BCUT2D eigenvalue weighted by Gasteiger charge is -2.27. The van der Waals surface area contributed by atoms with Crippen LogP contribution in [0.4, 0.5) is 0 Å². The van der Waals surface area contributed by atoms with E-state index in [2.05, 4.69) is 4.98 Å². The number of benzene rings is 1. The lowest BCUT2D eigenvalue weighted by atomic mass is 10.1. The van der Waals surface area contributed by atoms with Crippen LogP contribution in [0.15, 0.2) is 48.8 Å². The Bertz CT molecular complexity index is 704. The summed E-state index contributed by atoms with van der Waals surface area (Å²) in [5, 5.41) is 0. The van der Waals surface area contributed by atoms with Crippen molar-refractivity contribution in [1.82, 2.24) is 9.88 Å². The Labute approximate surface area is 147 Å². The predicted octanol–water partition coefficient (Wildman–Crippen LogP) is 2.59. The summed E-state index contributed by atoms with van der Waals surface area (Å²) in [6.45, 7) is 1.91. The highest BCUT2D eigenvalue weighted by molar-refractivity contribution is 5.82. The molecule has 0 unspecified atom stereocenters.